The van der Waals surface area contributed by atoms with Crippen molar-refractivity contribution in [3.05, 3.63) is 0 Å². The fraction of sp³-hybridized carbons (Fsp3) is 0.857. The Morgan fingerprint density at radius 3 is 2.37 bits per heavy atom. The normalized spacial score (nSPS) is 15.9. The van der Waals surface area contributed by atoms with Gasteiger partial charge in [0.1, 0.15) is 0 Å². The lowest BCUT2D eigenvalue weighted by Crippen LogP contribution is -2.52. The van der Waals surface area contributed by atoms with E-state index in [0.29, 0.717) is 18.9 Å². The summed E-state index contributed by atoms with van der Waals surface area (Å²) in [5, 5.41) is 11.7. The van der Waals surface area contributed by atoms with Crippen molar-refractivity contribution < 1.29 is 14.7 Å². The molecule has 0 spiro atoms. The molecule has 0 aromatic carbocycles. The molecule has 1 amide bonds. The topological polar surface area (TPSA) is 92.4 Å². The third kappa shape index (κ3) is 7.82. The van der Waals surface area contributed by atoms with E-state index >= 15 is 0 Å². The molecule has 4 N–H and O–H groups in total. The molecule has 5 nitrogen and oxygen atoms in total. The van der Waals surface area contributed by atoms with Crippen molar-refractivity contribution in [1.29, 1.82) is 0 Å². The standard InChI is InChI=1S/C14H28N2O3/c1-5-6-14(4,15)13(19)16-9-11(7-10(2)3)8-12(17)18/h10-11H,5-9,15H2,1-4H3,(H,16,19)(H,17,18)/t11-,14?/m0/s1. The van der Waals surface area contributed by atoms with E-state index < -0.39 is 11.5 Å². The smallest absolute Gasteiger partial charge is 0.303 e. The van der Waals surface area contributed by atoms with Crippen molar-refractivity contribution in [2.45, 2.75) is 58.9 Å². The monoisotopic (exact) mass is 272 g/mol. The molecule has 0 rings (SSSR count). The fourth-order valence-corrected chi connectivity index (χ4v) is 2.22. The Labute approximate surface area is 115 Å². The van der Waals surface area contributed by atoms with Crippen LogP contribution in [-0.2, 0) is 9.59 Å². The van der Waals surface area contributed by atoms with Crippen LogP contribution in [0.2, 0.25) is 0 Å². The number of rotatable bonds is 9. The van der Waals surface area contributed by atoms with Crippen LogP contribution in [0.3, 0.4) is 0 Å². The van der Waals surface area contributed by atoms with Gasteiger partial charge < -0.3 is 16.2 Å². The van der Waals surface area contributed by atoms with E-state index in [-0.39, 0.29) is 18.2 Å². The molecule has 0 aliphatic carbocycles. The number of nitrogens with two attached hydrogens (primary N) is 1. The lowest BCUT2D eigenvalue weighted by molar-refractivity contribution is -0.138. The first-order chi connectivity index (χ1) is 8.69. The van der Waals surface area contributed by atoms with Crippen LogP contribution in [0.4, 0.5) is 0 Å². The van der Waals surface area contributed by atoms with E-state index in [2.05, 4.69) is 5.32 Å². The van der Waals surface area contributed by atoms with Crippen LogP contribution in [0, 0.1) is 11.8 Å². The lowest BCUT2D eigenvalue weighted by atomic mass is 9.92. The van der Waals surface area contributed by atoms with Gasteiger partial charge in [-0.2, -0.15) is 0 Å². The minimum absolute atomic E-state index is 0.0427. The first-order valence-corrected chi connectivity index (χ1v) is 6.98. The highest BCUT2D eigenvalue weighted by atomic mass is 16.4. The zero-order chi connectivity index (χ0) is 15.1. The quantitative estimate of drug-likeness (QED) is 0.596. The Balaban J connectivity index is 4.37. The van der Waals surface area contributed by atoms with E-state index in [1.807, 2.05) is 20.8 Å². The summed E-state index contributed by atoms with van der Waals surface area (Å²) in [7, 11) is 0. The number of nitrogens with one attached hydrogen (secondary N) is 1. The minimum atomic E-state index is -0.875. The number of carbonyl (C=O) groups excluding carboxylic acids is 1. The van der Waals surface area contributed by atoms with Crippen LogP contribution >= 0.6 is 0 Å². The van der Waals surface area contributed by atoms with Crippen molar-refractivity contribution in [2.75, 3.05) is 6.54 Å². The Bertz CT molecular complexity index is 301. The maximum Gasteiger partial charge on any atom is 0.303 e. The number of carboxylic acid groups (broad SMARTS) is 1. The number of aliphatic carboxylic acids is 1. The van der Waals surface area contributed by atoms with Crippen molar-refractivity contribution in [3.63, 3.8) is 0 Å². The maximum atomic E-state index is 11.9. The van der Waals surface area contributed by atoms with Crippen LogP contribution in [0.15, 0.2) is 0 Å². The van der Waals surface area contributed by atoms with Crippen LogP contribution in [0.5, 0.6) is 0 Å². The van der Waals surface area contributed by atoms with E-state index in [0.717, 1.165) is 12.8 Å². The number of carbonyl (C=O) groups is 2. The van der Waals surface area contributed by atoms with Crippen LogP contribution in [0.25, 0.3) is 0 Å². The summed E-state index contributed by atoms with van der Waals surface area (Å²) in [6.45, 7) is 8.15. The molecular formula is C14H28N2O3. The predicted octanol–water partition coefficient (Wildman–Crippen LogP) is 1.76. The van der Waals surface area contributed by atoms with Crippen molar-refractivity contribution in [3.8, 4) is 0 Å². The highest BCUT2D eigenvalue weighted by Crippen LogP contribution is 2.15. The first kappa shape index (κ1) is 17.9. The molecule has 1 unspecified atom stereocenters. The number of hydrogen-bond acceptors (Lipinski definition) is 3. The zero-order valence-corrected chi connectivity index (χ0v) is 12.5. The van der Waals surface area contributed by atoms with Gasteiger partial charge in [-0.3, -0.25) is 9.59 Å². The van der Waals surface area contributed by atoms with Crippen molar-refractivity contribution in [1.82, 2.24) is 5.32 Å². The van der Waals surface area contributed by atoms with Crippen molar-refractivity contribution in [2.24, 2.45) is 17.6 Å². The predicted molar refractivity (Wildman–Crippen MR) is 75.7 cm³/mol. The third-order valence-electron chi connectivity index (χ3n) is 3.11. The average molecular weight is 272 g/mol. The molecule has 0 fully saturated rings. The van der Waals surface area contributed by atoms with Crippen LogP contribution in [0.1, 0.15) is 53.4 Å². The molecule has 0 aromatic rings. The zero-order valence-electron chi connectivity index (χ0n) is 12.5. The van der Waals surface area contributed by atoms with Gasteiger partial charge in [0, 0.05) is 13.0 Å². The van der Waals surface area contributed by atoms with Crippen LogP contribution < -0.4 is 11.1 Å². The molecule has 19 heavy (non-hydrogen) atoms. The van der Waals surface area contributed by atoms with Gasteiger partial charge in [0.2, 0.25) is 5.91 Å². The SMILES string of the molecule is CCCC(C)(N)C(=O)NC[C@H](CC(=O)O)CC(C)C. The highest BCUT2D eigenvalue weighted by Gasteiger charge is 2.27. The second-order valence-electron chi connectivity index (χ2n) is 5.97. The molecule has 2 atom stereocenters. The van der Waals surface area contributed by atoms with E-state index in [4.69, 9.17) is 10.8 Å². The lowest BCUT2D eigenvalue weighted by Gasteiger charge is -2.25. The molecule has 0 heterocycles. The second kappa shape index (κ2) is 8.15. The van der Waals surface area contributed by atoms with Gasteiger partial charge in [-0.15, -0.1) is 0 Å². The van der Waals surface area contributed by atoms with E-state index in [1.54, 1.807) is 6.92 Å². The van der Waals surface area contributed by atoms with E-state index in [1.165, 1.54) is 0 Å². The Hall–Kier alpha value is -1.10. The van der Waals surface area contributed by atoms with Gasteiger partial charge in [-0.25, -0.2) is 0 Å². The summed E-state index contributed by atoms with van der Waals surface area (Å²) in [5.74, 6) is -0.669. The summed E-state index contributed by atoms with van der Waals surface area (Å²) in [6, 6.07) is 0. The summed E-state index contributed by atoms with van der Waals surface area (Å²) in [4.78, 5) is 22.7. The Morgan fingerprint density at radius 1 is 1.37 bits per heavy atom. The fourth-order valence-electron chi connectivity index (χ4n) is 2.22. The highest BCUT2D eigenvalue weighted by molar-refractivity contribution is 5.85. The average Bonchev–Trinajstić information content (AvgIpc) is 2.23. The van der Waals surface area contributed by atoms with E-state index in [9.17, 15) is 9.59 Å². The summed E-state index contributed by atoms with van der Waals surface area (Å²) >= 11 is 0. The molecule has 112 valence electrons. The van der Waals surface area contributed by atoms with Gasteiger partial charge in [0.25, 0.3) is 0 Å². The van der Waals surface area contributed by atoms with Gasteiger partial charge >= 0.3 is 5.97 Å². The summed E-state index contributed by atoms with van der Waals surface area (Å²) in [6.07, 6.45) is 2.31. The first-order valence-electron chi connectivity index (χ1n) is 6.98. The summed E-state index contributed by atoms with van der Waals surface area (Å²) < 4.78 is 0. The van der Waals surface area contributed by atoms with Gasteiger partial charge in [0.15, 0.2) is 0 Å². The number of carboxylic acids is 1. The van der Waals surface area contributed by atoms with Crippen molar-refractivity contribution >= 4 is 11.9 Å². The molecular weight excluding hydrogens is 244 g/mol. The van der Waals surface area contributed by atoms with Gasteiger partial charge in [-0.05, 0) is 31.6 Å². The van der Waals surface area contributed by atoms with Gasteiger partial charge in [-0.1, -0.05) is 27.2 Å². The van der Waals surface area contributed by atoms with Crippen LogP contribution in [-0.4, -0.2) is 29.1 Å². The largest absolute Gasteiger partial charge is 0.481 e. The number of amides is 1. The Kier molecular flexibility index (Phi) is 7.68. The molecule has 0 aromatic heterocycles. The molecule has 0 saturated heterocycles. The molecule has 0 aliphatic rings. The molecule has 0 saturated carbocycles. The molecule has 0 aliphatic heterocycles. The molecule has 0 bridgehead atoms. The van der Waals surface area contributed by atoms with Gasteiger partial charge in [0.05, 0.1) is 5.54 Å². The summed E-state index contributed by atoms with van der Waals surface area (Å²) in [5.41, 5.74) is 5.06. The molecule has 0 radical (unpaired) electrons. The molecule has 5 heteroatoms. The second-order valence-corrected chi connectivity index (χ2v) is 5.97. The maximum absolute atomic E-state index is 11.9. The Morgan fingerprint density at radius 2 is 1.95 bits per heavy atom. The third-order valence-corrected chi connectivity index (χ3v) is 3.11. The minimum Gasteiger partial charge on any atom is -0.481 e. The number of hydrogen-bond donors (Lipinski definition) is 3.